The first-order valence-electron chi connectivity index (χ1n) is 5.21. The molecular weight excluding hydrogens is 191 g/mol. The molecule has 0 fully saturated rings. The molecule has 1 nitrogen and oxygen atoms in total. The van der Waals surface area contributed by atoms with Gasteiger partial charge in [-0.05, 0) is 42.0 Å². The fourth-order valence-corrected chi connectivity index (χ4v) is 2.14. The highest BCUT2D eigenvalue weighted by molar-refractivity contribution is 5.71. The molecule has 0 unspecified atom stereocenters. The van der Waals surface area contributed by atoms with Crippen LogP contribution in [0, 0.1) is 11.7 Å². The van der Waals surface area contributed by atoms with Crippen LogP contribution in [-0.2, 0) is 4.79 Å². The molecule has 0 bridgehead atoms. The van der Waals surface area contributed by atoms with Crippen molar-refractivity contribution in [1.82, 2.24) is 0 Å². The fourth-order valence-electron chi connectivity index (χ4n) is 2.14. The van der Waals surface area contributed by atoms with Crippen LogP contribution in [0.2, 0.25) is 0 Å². The number of hydrogen-bond donors (Lipinski definition) is 0. The monoisotopic (exact) mass is 204 g/mol. The largest absolute Gasteiger partial charge is 0.303 e. The third kappa shape index (κ3) is 2.14. The fraction of sp³-hybridized carbons (Fsp3) is 0.308. The maximum atomic E-state index is 13.0. The molecule has 0 radical (unpaired) electrons. The Hall–Kier alpha value is -1.44. The summed E-state index contributed by atoms with van der Waals surface area (Å²) >= 11 is 0. The Morgan fingerprint density at radius 3 is 3.07 bits per heavy atom. The highest BCUT2D eigenvalue weighted by Gasteiger charge is 2.20. The minimum Gasteiger partial charge on any atom is -0.303 e. The van der Waals surface area contributed by atoms with Gasteiger partial charge in [0.25, 0.3) is 0 Å². The molecule has 2 heteroatoms. The quantitative estimate of drug-likeness (QED) is 0.691. The van der Waals surface area contributed by atoms with Gasteiger partial charge in [0, 0.05) is 6.42 Å². The topological polar surface area (TPSA) is 17.1 Å². The first kappa shape index (κ1) is 10.1. The van der Waals surface area contributed by atoms with Crippen LogP contribution in [-0.4, -0.2) is 6.29 Å². The SMILES string of the molecule is O=CC[C@@H]1CCC=C1c1cccc(F)c1. The third-order valence-electron chi connectivity index (χ3n) is 2.86. The highest BCUT2D eigenvalue weighted by Crippen LogP contribution is 2.35. The number of aldehydes is 1. The highest BCUT2D eigenvalue weighted by atomic mass is 19.1. The van der Waals surface area contributed by atoms with Crippen molar-refractivity contribution in [2.45, 2.75) is 19.3 Å². The first-order chi connectivity index (χ1) is 7.31. The van der Waals surface area contributed by atoms with E-state index in [1.807, 2.05) is 6.07 Å². The van der Waals surface area contributed by atoms with E-state index in [-0.39, 0.29) is 11.7 Å². The van der Waals surface area contributed by atoms with Gasteiger partial charge in [-0.25, -0.2) is 4.39 Å². The summed E-state index contributed by atoms with van der Waals surface area (Å²) in [5.74, 6) is 0.0643. The molecule has 1 aromatic rings. The minimum atomic E-state index is -0.217. The molecule has 0 saturated carbocycles. The lowest BCUT2D eigenvalue weighted by atomic mass is 9.93. The maximum absolute atomic E-state index is 13.0. The molecule has 0 saturated heterocycles. The summed E-state index contributed by atoms with van der Waals surface area (Å²) in [5.41, 5.74) is 2.04. The van der Waals surface area contributed by atoms with E-state index in [9.17, 15) is 9.18 Å². The van der Waals surface area contributed by atoms with Crippen LogP contribution < -0.4 is 0 Å². The van der Waals surface area contributed by atoms with Crippen LogP contribution in [0.1, 0.15) is 24.8 Å². The van der Waals surface area contributed by atoms with Crippen molar-refractivity contribution in [3.05, 3.63) is 41.7 Å². The first-order valence-corrected chi connectivity index (χ1v) is 5.21. The van der Waals surface area contributed by atoms with E-state index in [2.05, 4.69) is 6.08 Å². The Bertz CT molecular complexity index is 395. The summed E-state index contributed by atoms with van der Waals surface area (Å²) in [5, 5.41) is 0. The molecule has 15 heavy (non-hydrogen) atoms. The molecule has 0 amide bonds. The third-order valence-corrected chi connectivity index (χ3v) is 2.86. The van der Waals surface area contributed by atoms with Gasteiger partial charge >= 0.3 is 0 Å². The zero-order valence-corrected chi connectivity index (χ0v) is 8.45. The van der Waals surface area contributed by atoms with Crippen LogP contribution >= 0.6 is 0 Å². The van der Waals surface area contributed by atoms with E-state index < -0.39 is 0 Å². The summed E-state index contributed by atoms with van der Waals surface area (Å²) in [7, 11) is 0. The van der Waals surface area contributed by atoms with E-state index >= 15 is 0 Å². The van der Waals surface area contributed by atoms with Crippen LogP contribution in [0.15, 0.2) is 30.3 Å². The van der Waals surface area contributed by atoms with Gasteiger partial charge in [0.15, 0.2) is 0 Å². The Morgan fingerprint density at radius 2 is 2.33 bits per heavy atom. The number of rotatable bonds is 3. The molecule has 0 aliphatic heterocycles. The van der Waals surface area contributed by atoms with Gasteiger partial charge in [-0.3, -0.25) is 0 Å². The van der Waals surface area contributed by atoms with E-state index in [1.165, 1.54) is 12.1 Å². The van der Waals surface area contributed by atoms with Crippen molar-refractivity contribution in [3.63, 3.8) is 0 Å². The number of carbonyl (C=O) groups excluding carboxylic acids is 1. The van der Waals surface area contributed by atoms with Crippen LogP contribution in [0.4, 0.5) is 4.39 Å². The number of benzene rings is 1. The molecule has 1 aliphatic carbocycles. The summed E-state index contributed by atoms with van der Waals surface area (Å²) in [6.45, 7) is 0. The normalized spacial score (nSPS) is 20.1. The van der Waals surface area contributed by atoms with Gasteiger partial charge < -0.3 is 4.79 Å². The summed E-state index contributed by atoms with van der Waals surface area (Å²) in [6, 6.07) is 6.59. The molecule has 0 spiro atoms. The molecular formula is C13H13FO. The second kappa shape index (κ2) is 4.39. The van der Waals surface area contributed by atoms with E-state index in [4.69, 9.17) is 0 Å². The van der Waals surface area contributed by atoms with E-state index in [1.54, 1.807) is 6.07 Å². The second-order valence-corrected chi connectivity index (χ2v) is 3.85. The van der Waals surface area contributed by atoms with E-state index in [0.717, 1.165) is 30.3 Å². The zero-order valence-electron chi connectivity index (χ0n) is 8.45. The lowest BCUT2D eigenvalue weighted by molar-refractivity contribution is -0.108. The Balaban J connectivity index is 2.26. The van der Waals surface area contributed by atoms with Crippen molar-refractivity contribution < 1.29 is 9.18 Å². The van der Waals surface area contributed by atoms with Crippen LogP contribution in [0.5, 0.6) is 0 Å². The average Bonchev–Trinajstić information content (AvgIpc) is 2.66. The van der Waals surface area contributed by atoms with Gasteiger partial charge in [-0.1, -0.05) is 18.2 Å². The Kier molecular flexibility index (Phi) is 2.95. The van der Waals surface area contributed by atoms with Crippen LogP contribution in [0.3, 0.4) is 0 Å². The van der Waals surface area contributed by atoms with Crippen molar-refractivity contribution in [2.24, 2.45) is 5.92 Å². The molecule has 0 heterocycles. The lowest BCUT2D eigenvalue weighted by Gasteiger charge is -2.11. The molecule has 0 N–H and O–H groups in total. The van der Waals surface area contributed by atoms with Crippen molar-refractivity contribution in [2.75, 3.05) is 0 Å². The van der Waals surface area contributed by atoms with E-state index in [0.29, 0.717) is 6.42 Å². The summed E-state index contributed by atoms with van der Waals surface area (Å²) in [4.78, 5) is 10.5. The van der Waals surface area contributed by atoms with Crippen molar-refractivity contribution >= 4 is 11.9 Å². The van der Waals surface area contributed by atoms with Crippen molar-refractivity contribution in [3.8, 4) is 0 Å². The minimum absolute atomic E-state index is 0.217. The molecule has 78 valence electrons. The second-order valence-electron chi connectivity index (χ2n) is 3.85. The van der Waals surface area contributed by atoms with Crippen molar-refractivity contribution in [1.29, 1.82) is 0 Å². The van der Waals surface area contributed by atoms with Gasteiger partial charge in [0.1, 0.15) is 12.1 Å². The standard InChI is InChI=1S/C13H13FO/c14-12-5-1-4-11(9-12)13-6-2-3-10(13)7-8-15/h1,4-6,8-10H,2-3,7H2/t10-/m0/s1. The maximum Gasteiger partial charge on any atom is 0.123 e. The number of halogens is 1. The van der Waals surface area contributed by atoms with Gasteiger partial charge in [-0.15, -0.1) is 0 Å². The average molecular weight is 204 g/mol. The Morgan fingerprint density at radius 1 is 1.47 bits per heavy atom. The molecule has 2 rings (SSSR count). The lowest BCUT2D eigenvalue weighted by Crippen LogP contribution is -1.99. The van der Waals surface area contributed by atoms with Gasteiger partial charge in [-0.2, -0.15) is 0 Å². The number of carbonyl (C=O) groups is 1. The predicted molar refractivity (Wildman–Crippen MR) is 57.8 cm³/mol. The number of hydrogen-bond acceptors (Lipinski definition) is 1. The number of allylic oxidation sites excluding steroid dienone is 2. The van der Waals surface area contributed by atoms with Crippen LogP contribution in [0.25, 0.3) is 5.57 Å². The van der Waals surface area contributed by atoms with Gasteiger partial charge in [0.05, 0.1) is 0 Å². The predicted octanol–water partition coefficient (Wildman–Crippen LogP) is 3.21. The van der Waals surface area contributed by atoms with Gasteiger partial charge in [0.2, 0.25) is 0 Å². The molecule has 1 aromatic carbocycles. The smallest absolute Gasteiger partial charge is 0.123 e. The summed E-state index contributed by atoms with van der Waals surface area (Å²) < 4.78 is 13.0. The molecule has 1 atom stereocenters. The molecule has 1 aliphatic rings. The zero-order chi connectivity index (χ0) is 10.7. The summed E-state index contributed by atoms with van der Waals surface area (Å²) in [6.07, 6.45) is 5.60. The Labute approximate surface area is 88.6 Å². The molecule has 0 aromatic heterocycles.